The number of carbonyl (C=O) groups is 1. The Hall–Kier alpha value is -2.85. The molecule has 0 N–H and O–H groups in total. The van der Waals surface area contributed by atoms with Gasteiger partial charge in [-0.25, -0.2) is 0 Å². The van der Waals surface area contributed by atoms with Gasteiger partial charge in [-0.05, 0) is 54.3 Å². The summed E-state index contributed by atoms with van der Waals surface area (Å²) >= 11 is 0. The predicted molar refractivity (Wildman–Crippen MR) is 126 cm³/mol. The topological polar surface area (TPSA) is 26.8 Å². The van der Waals surface area contributed by atoms with Crippen LogP contribution in [0.3, 0.4) is 0 Å². The van der Waals surface area contributed by atoms with Gasteiger partial charge < -0.3 is 9.80 Å². The van der Waals surface area contributed by atoms with Crippen molar-refractivity contribution in [3.8, 4) is 0 Å². The molecule has 2 aromatic carbocycles. The Bertz CT molecular complexity index is 941. The largest absolute Gasteiger partial charge is 0.369 e. The van der Waals surface area contributed by atoms with Gasteiger partial charge in [-0.2, -0.15) is 0 Å². The van der Waals surface area contributed by atoms with Crippen LogP contribution in [0.25, 0.3) is 6.08 Å². The average Bonchev–Trinajstić information content (AvgIpc) is 2.76. The van der Waals surface area contributed by atoms with Gasteiger partial charge in [0, 0.05) is 57.1 Å². The van der Waals surface area contributed by atoms with Crippen LogP contribution in [0, 0.1) is 6.92 Å². The lowest BCUT2D eigenvalue weighted by Gasteiger charge is -2.35. The molecule has 2 aliphatic rings. The van der Waals surface area contributed by atoms with E-state index in [0.717, 1.165) is 44.8 Å². The monoisotopic (exact) mass is 401 g/mol. The SMILES string of the molecule is C=CCN1C(=O)CCc2cc(C=CCN3CCN(c4cccc(C)c4)CC3)ccc21. The molecule has 0 unspecified atom stereocenters. The zero-order chi connectivity index (χ0) is 20.9. The minimum atomic E-state index is 0.190. The van der Waals surface area contributed by atoms with E-state index in [4.69, 9.17) is 0 Å². The van der Waals surface area contributed by atoms with Gasteiger partial charge in [-0.1, -0.05) is 36.4 Å². The van der Waals surface area contributed by atoms with Crippen molar-refractivity contribution >= 4 is 23.4 Å². The fourth-order valence-electron chi connectivity index (χ4n) is 4.36. The van der Waals surface area contributed by atoms with Gasteiger partial charge in [0.2, 0.25) is 5.91 Å². The van der Waals surface area contributed by atoms with E-state index in [0.29, 0.717) is 13.0 Å². The maximum atomic E-state index is 12.2. The summed E-state index contributed by atoms with van der Waals surface area (Å²) in [6.45, 7) is 11.8. The molecular weight excluding hydrogens is 370 g/mol. The lowest BCUT2D eigenvalue weighted by molar-refractivity contribution is -0.118. The normalized spacial score (nSPS) is 17.4. The highest BCUT2D eigenvalue weighted by molar-refractivity contribution is 5.96. The first-order valence-electron chi connectivity index (χ1n) is 10.9. The van der Waals surface area contributed by atoms with E-state index in [2.05, 4.69) is 77.9 Å². The van der Waals surface area contributed by atoms with Crippen molar-refractivity contribution in [2.75, 3.05) is 49.1 Å². The highest BCUT2D eigenvalue weighted by atomic mass is 16.2. The van der Waals surface area contributed by atoms with Crippen LogP contribution in [0.4, 0.5) is 11.4 Å². The highest BCUT2D eigenvalue weighted by Gasteiger charge is 2.23. The number of nitrogens with zero attached hydrogens (tertiary/aromatic N) is 3. The van der Waals surface area contributed by atoms with E-state index >= 15 is 0 Å². The molecule has 156 valence electrons. The molecule has 4 nitrogen and oxygen atoms in total. The van der Waals surface area contributed by atoms with Crippen molar-refractivity contribution in [2.45, 2.75) is 19.8 Å². The zero-order valence-corrected chi connectivity index (χ0v) is 17.9. The first-order chi connectivity index (χ1) is 14.6. The van der Waals surface area contributed by atoms with Gasteiger partial charge in [0.15, 0.2) is 0 Å². The molecule has 0 aromatic heterocycles. The highest BCUT2D eigenvalue weighted by Crippen LogP contribution is 2.29. The third-order valence-electron chi connectivity index (χ3n) is 6.03. The molecule has 1 saturated heterocycles. The molecule has 4 heteroatoms. The van der Waals surface area contributed by atoms with Crippen LogP contribution in [0.2, 0.25) is 0 Å². The van der Waals surface area contributed by atoms with Crippen LogP contribution < -0.4 is 9.80 Å². The van der Waals surface area contributed by atoms with Crippen LogP contribution in [0.1, 0.15) is 23.1 Å². The molecule has 2 aliphatic heterocycles. The summed E-state index contributed by atoms with van der Waals surface area (Å²) in [7, 11) is 0. The fraction of sp³-hybridized carbons (Fsp3) is 0.346. The zero-order valence-electron chi connectivity index (χ0n) is 17.9. The van der Waals surface area contributed by atoms with Crippen LogP contribution in [-0.2, 0) is 11.2 Å². The summed E-state index contributed by atoms with van der Waals surface area (Å²) in [5.74, 6) is 0.190. The Morgan fingerprint density at radius 1 is 1.00 bits per heavy atom. The number of carbonyl (C=O) groups excluding carboxylic acids is 1. The Kier molecular flexibility index (Phi) is 6.34. The number of amides is 1. The van der Waals surface area contributed by atoms with E-state index in [1.165, 1.54) is 22.4 Å². The molecular formula is C26H31N3O. The maximum Gasteiger partial charge on any atom is 0.227 e. The standard InChI is InChI=1S/C26H31N3O/c1-3-13-29-25-11-9-22(20-23(25)10-12-26(29)30)7-5-14-27-15-17-28(18-16-27)24-8-4-6-21(2)19-24/h3-9,11,19-20H,1,10,12-18H2,2H3. The Balaban J connectivity index is 1.32. The summed E-state index contributed by atoms with van der Waals surface area (Å²) in [5, 5.41) is 0. The molecule has 0 saturated carbocycles. The van der Waals surface area contributed by atoms with Gasteiger partial charge in [0.1, 0.15) is 0 Å². The number of hydrogen-bond acceptors (Lipinski definition) is 3. The first kappa shape index (κ1) is 20.4. The predicted octanol–water partition coefficient (Wildman–Crippen LogP) is 4.30. The van der Waals surface area contributed by atoms with E-state index < -0.39 is 0 Å². The molecule has 1 amide bonds. The van der Waals surface area contributed by atoms with Crippen LogP contribution >= 0.6 is 0 Å². The lowest BCUT2D eigenvalue weighted by Crippen LogP contribution is -2.46. The Morgan fingerprint density at radius 2 is 1.83 bits per heavy atom. The summed E-state index contributed by atoms with van der Waals surface area (Å²) in [5.41, 5.74) is 6.16. The van der Waals surface area contributed by atoms with Crippen molar-refractivity contribution < 1.29 is 4.79 Å². The van der Waals surface area contributed by atoms with E-state index in [1.54, 1.807) is 6.08 Å². The lowest BCUT2D eigenvalue weighted by atomic mass is 9.98. The van der Waals surface area contributed by atoms with Gasteiger partial charge in [0.25, 0.3) is 0 Å². The third kappa shape index (κ3) is 4.65. The fourth-order valence-corrected chi connectivity index (χ4v) is 4.36. The van der Waals surface area contributed by atoms with E-state index in [-0.39, 0.29) is 5.91 Å². The molecule has 0 atom stereocenters. The number of anilines is 2. The van der Waals surface area contributed by atoms with Gasteiger partial charge in [-0.15, -0.1) is 6.58 Å². The first-order valence-corrected chi connectivity index (χ1v) is 10.9. The molecule has 2 aromatic rings. The summed E-state index contributed by atoms with van der Waals surface area (Å²) in [6, 6.07) is 15.2. The molecule has 0 spiro atoms. The van der Waals surface area contributed by atoms with Crippen LogP contribution in [0.5, 0.6) is 0 Å². The molecule has 0 aliphatic carbocycles. The minimum Gasteiger partial charge on any atom is -0.369 e. The minimum absolute atomic E-state index is 0.190. The Labute approximate surface area is 180 Å². The molecule has 1 fully saturated rings. The third-order valence-corrected chi connectivity index (χ3v) is 6.03. The van der Waals surface area contributed by atoms with Crippen molar-refractivity contribution in [3.63, 3.8) is 0 Å². The van der Waals surface area contributed by atoms with Crippen molar-refractivity contribution in [1.82, 2.24) is 4.90 Å². The molecule has 2 heterocycles. The second-order valence-electron chi connectivity index (χ2n) is 8.21. The molecule has 4 rings (SSSR count). The van der Waals surface area contributed by atoms with Crippen molar-refractivity contribution in [3.05, 3.63) is 77.9 Å². The number of piperazine rings is 1. The average molecular weight is 402 g/mol. The van der Waals surface area contributed by atoms with Crippen molar-refractivity contribution in [1.29, 1.82) is 0 Å². The number of benzene rings is 2. The number of hydrogen-bond donors (Lipinski definition) is 0. The van der Waals surface area contributed by atoms with Gasteiger partial charge in [0.05, 0.1) is 0 Å². The summed E-state index contributed by atoms with van der Waals surface area (Å²) < 4.78 is 0. The van der Waals surface area contributed by atoms with Crippen LogP contribution in [-0.4, -0.2) is 50.1 Å². The van der Waals surface area contributed by atoms with E-state index in [1.807, 2.05) is 4.90 Å². The molecule has 30 heavy (non-hydrogen) atoms. The second kappa shape index (κ2) is 9.31. The number of rotatable bonds is 6. The quantitative estimate of drug-likeness (QED) is 0.676. The summed E-state index contributed by atoms with van der Waals surface area (Å²) in [6.07, 6.45) is 7.67. The molecule has 0 radical (unpaired) electrons. The van der Waals surface area contributed by atoms with E-state index in [9.17, 15) is 4.79 Å². The van der Waals surface area contributed by atoms with Crippen LogP contribution in [0.15, 0.2) is 61.2 Å². The maximum absolute atomic E-state index is 12.2. The molecule has 0 bridgehead atoms. The van der Waals surface area contributed by atoms with Gasteiger partial charge >= 0.3 is 0 Å². The Morgan fingerprint density at radius 3 is 2.60 bits per heavy atom. The number of aryl methyl sites for hydroxylation is 2. The summed E-state index contributed by atoms with van der Waals surface area (Å²) in [4.78, 5) is 19.0. The van der Waals surface area contributed by atoms with Gasteiger partial charge in [-0.3, -0.25) is 9.69 Å². The number of fused-ring (bicyclic) bond motifs is 1. The van der Waals surface area contributed by atoms with Crippen molar-refractivity contribution in [2.24, 2.45) is 0 Å². The second-order valence-corrected chi connectivity index (χ2v) is 8.21. The smallest absolute Gasteiger partial charge is 0.227 e.